The number of hydrogen-bond donors (Lipinski definition) is 0. The predicted octanol–water partition coefficient (Wildman–Crippen LogP) is 5.36. The summed E-state index contributed by atoms with van der Waals surface area (Å²) in [7, 11) is 0. The van der Waals surface area contributed by atoms with Gasteiger partial charge in [0.1, 0.15) is 18.2 Å². The molecule has 0 atom stereocenters. The van der Waals surface area contributed by atoms with Crippen LogP contribution in [-0.2, 0) is 13.2 Å². The first-order valence-electron chi connectivity index (χ1n) is 10.0. The monoisotopic (exact) mass is 480 g/mol. The fraction of sp³-hybridized carbons (Fsp3) is 0.261. The Morgan fingerprint density at radius 3 is 2.53 bits per heavy atom. The predicted molar refractivity (Wildman–Crippen MR) is 118 cm³/mol. The Balaban J connectivity index is 1.30. The van der Waals surface area contributed by atoms with E-state index in [2.05, 4.69) is 4.90 Å². The molecule has 2 heterocycles. The summed E-state index contributed by atoms with van der Waals surface area (Å²) in [6.07, 6.45) is 0. The third kappa shape index (κ3) is 5.26. The lowest BCUT2D eigenvalue weighted by molar-refractivity contribution is 0.0631. The molecule has 0 saturated carbocycles. The summed E-state index contributed by atoms with van der Waals surface area (Å²) < 4.78 is 46.1. The number of rotatable bonds is 6. The van der Waals surface area contributed by atoms with E-state index in [9.17, 15) is 18.0 Å². The van der Waals surface area contributed by atoms with Gasteiger partial charge in [-0.15, -0.1) is 11.3 Å². The van der Waals surface area contributed by atoms with Crippen molar-refractivity contribution in [1.82, 2.24) is 9.80 Å². The van der Waals surface area contributed by atoms with Gasteiger partial charge >= 0.3 is 0 Å². The fourth-order valence-electron chi connectivity index (χ4n) is 3.49. The Hall–Kier alpha value is -2.55. The van der Waals surface area contributed by atoms with E-state index in [-0.39, 0.29) is 24.1 Å². The van der Waals surface area contributed by atoms with E-state index in [0.29, 0.717) is 48.2 Å². The maximum absolute atomic E-state index is 14.0. The van der Waals surface area contributed by atoms with Crippen molar-refractivity contribution in [3.05, 3.63) is 86.3 Å². The summed E-state index contributed by atoms with van der Waals surface area (Å²) in [5.74, 6) is -1.90. The number of thiophene rings is 1. The van der Waals surface area contributed by atoms with Gasteiger partial charge in [0.2, 0.25) is 0 Å². The molecule has 1 aliphatic heterocycles. The highest BCUT2D eigenvalue weighted by Gasteiger charge is 2.24. The Morgan fingerprint density at radius 1 is 1.03 bits per heavy atom. The van der Waals surface area contributed by atoms with Crippen molar-refractivity contribution in [2.45, 2.75) is 13.2 Å². The quantitative estimate of drug-likeness (QED) is 0.476. The van der Waals surface area contributed by atoms with Gasteiger partial charge in [-0.1, -0.05) is 17.7 Å². The second kappa shape index (κ2) is 9.94. The van der Waals surface area contributed by atoms with Crippen LogP contribution < -0.4 is 4.74 Å². The van der Waals surface area contributed by atoms with E-state index in [1.165, 1.54) is 23.5 Å². The first-order valence-corrected chi connectivity index (χ1v) is 11.3. The highest BCUT2D eigenvalue weighted by Crippen LogP contribution is 2.24. The molecule has 0 spiro atoms. The second-order valence-electron chi connectivity index (χ2n) is 7.45. The van der Waals surface area contributed by atoms with E-state index < -0.39 is 11.6 Å². The van der Waals surface area contributed by atoms with Gasteiger partial charge < -0.3 is 9.64 Å². The number of amides is 1. The minimum Gasteiger partial charge on any atom is -0.486 e. The van der Waals surface area contributed by atoms with Crippen LogP contribution in [0.4, 0.5) is 13.2 Å². The summed E-state index contributed by atoms with van der Waals surface area (Å²) in [6.45, 7) is 2.74. The van der Waals surface area contributed by atoms with E-state index in [0.717, 1.165) is 17.7 Å². The summed E-state index contributed by atoms with van der Waals surface area (Å²) in [6, 6.07) is 9.48. The van der Waals surface area contributed by atoms with Crippen molar-refractivity contribution in [3.63, 3.8) is 0 Å². The molecule has 0 aliphatic carbocycles. The zero-order valence-electron chi connectivity index (χ0n) is 17.0. The van der Waals surface area contributed by atoms with Crippen LogP contribution in [0, 0.1) is 17.5 Å². The van der Waals surface area contributed by atoms with Gasteiger partial charge in [-0.2, -0.15) is 0 Å². The lowest BCUT2D eigenvalue weighted by Crippen LogP contribution is -2.48. The van der Waals surface area contributed by atoms with Gasteiger partial charge in [-0.05, 0) is 35.7 Å². The van der Waals surface area contributed by atoms with Crippen LogP contribution in [0.5, 0.6) is 5.75 Å². The van der Waals surface area contributed by atoms with Crippen molar-refractivity contribution in [3.8, 4) is 5.75 Å². The van der Waals surface area contributed by atoms with Crippen LogP contribution in [0.15, 0.2) is 47.8 Å². The lowest BCUT2D eigenvalue weighted by Gasteiger charge is -2.34. The Labute approximate surface area is 192 Å². The maximum atomic E-state index is 14.0. The van der Waals surface area contributed by atoms with Gasteiger partial charge in [0.05, 0.1) is 4.88 Å². The molecule has 1 saturated heterocycles. The number of hydrogen-bond acceptors (Lipinski definition) is 4. The molecule has 1 aliphatic rings. The van der Waals surface area contributed by atoms with Gasteiger partial charge in [0.15, 0.2) is 11.6 Å². The summed E-state index contributed by atoms with van der Waals surface area (Å²) >= 11 is 7.41. The zero-order chi connectivity index (χ0) is 22.7. The number of nitrogens with zero attached hydrogens (tertiary/aromatic N) is 2. The van der Waals surface area contributed by atoms with Crippen LogP contribution >= 0.6 is 22.9 Å². The molecule has 0 radical (unpaired) electrons. The average Bonchev–Trinajstić information content (AvgIpc) is 3.25. The van der Waals surface area contributed by atoms with E-state index in [1.54, 1.807) is 28.5 Å². The molecule has 1 amide bonds. The number of carbonyl (C=O) groups is 1. The normalized spacial score (nSPS) is 14.6. The first kappa shape index (κ1) is 22.6. The minimum atomic E-state index is -0.772. The molecular weight excluding hydrogens is 461 g/mol. The largest absolute Gasteiger partial charge is 0.486 e. The summed E-state index contributed by atoms with van der Waals surface area (Å²) in [5.41, 5.74) is 1.20. The Morgan fingerprint density at radius 2 is 1.81 bits per heavy atom. The van der Waals surface area contributed by atoms with Crippen molar-refractivity contribution >= 4 is 28.8 Å². The van der Waals surface area contributed by atoms with Crippen molar-refractivity contribution in [2.75, 3.05) is 26.2 Å². The van der Waals surface area contributed by atoms with Crippen LogP contribution in [0.25, 0.3) is 0 Å². The smallest absolute Gasteiger partial charge is 0.264 e. The number of halogens is 4. The molecule has 0 unspecified atom stereocenters. The van der Waals surface area contributed by atoms with Crippen LogP contribution in [-0.4, -0.2) is 41.9 Å². The molecule has 32 heavy (non-hydrogen) atoms. The standard InChI is InChI=1S/C23H20ClF3N2O2S/c24-18-2-1-3-19(26)17(18)12-28-6-8-29(9-7-28)23(30)22-10-15(14-32-22)13-31-21-5-4-16(25)11-20(21)27/h1-5,10-11,14H,6-9,12-13H2. The molecule has 3 aromatic rings. The summed E-state index contributed by atoms with van der Waals surface area (Å²) in [4.78, 5) is 17.2. The third-order valence-electron chi connectivity index (χ3n) is 5.26. The van der Waals surface area contributed by atoms with E-state index in [1.807, 2.05) is 0 Å². The SMILES string of the molecule is O=C(c1cc(COc2ccc(F)cc2F)cs1)N1CCN(Cc2c(F)cccc2Cl)CC1. The van der Waals surface area contributed by atoms with E-state index >= 15 is 0 Å². The molecule has 4 nitrogen and oxygen atoms in total. The van der Waals surface area contributed by atoms with Crippen LogP contribution in [0.3, 0.4) is 0 Å². The third-order valence-corrected chi connectivity index (χ3v) is 6.58. The van der Waals surface area contributed by atoms with Gasteiger partial charge in [0, 0.05) is 54.9 Å². The lowest BCUT2D eigenvalue weighted by atomic mass is 10.1. The van der Waals surface area contributed by atoms with Crippen molar-refractivity contribution < 1.29 is 22.7 Å². The Bertz CT molecular complexity index is 1100. The molecule has 2 aromatic carbocycles. The average molecular weight is 481 g/mol. The van der Waals surface area contributed by atoms with Gasteiger partial charge in [-0.3, -0.25) is 9.69 Å². The molecule has 0 bridgehead atoms. The summed E-state index contributed by atoms with van der Waals surface area (Å²) in [5, 5.41) is 2.18. The number of ether oxygens (including phenoxy) is 1. The topological polar surface area (TPSA) is 32.8 Å². The highest BCUT2D eigenvalue weighted by molar-refractivity contribution is 7.12. The number of carbonyl (C=O) groups excluding carboxylic acids is 1. The van der Waals surface area contributed by atoms with Crippen LogP contribution in [0.2, 0.25) is 5.02 Å². The Kier molecular flexibility index (Phi) is 7.03. The molecule has 0 N–H and O–H groups in total. The second-order valence-corrected chi connectivity index (χ2v) is 8.77. The maximum Gasteiger partial charge on any atom is 0.264 e. The molecule has 9 heteroatoms. The minimum absolute atomic E-state index is 0.0449. The number of piperazine rings is 1. The molecular formula is C23H20ClF3N2O2S. The van der Waals surface area contributed by atoms with Crippen molar-refractivity contribution in [1.29, 1.82) is 0 Å². The zero-order valence-corrected chi connectivity index (χ0v) is 18.6. The molecule has 4 rings (SSSR count). The number of benzene rings is 2. The van der Waals surface area contributed by atoms with Gasteiger partial charge in [0.25, 0.3) is 5.91 Å². The molecule has 1 fully saturated rings. The fourth-order valence-corrected chi connectivity index (χ4v) is 4.58. The van der Waals surface area contributed by atoms with Crippen LogP contribution in [0.1, 0.15) is 20.8 Å². The highest BCUT2D eigenvalue weighted by atomic mass is 35.5. The first-order chi connectivity index (χ1) is 15.4. The van der Waals surface area contributed by atoms with E-state index in [4.69, 9.17) is 16.3 Å². The van der Waals surface area contributed by atoms with Crippen molar-refractivity contribution in [2.24, 2.45) is 0 Å². The molecule has 1 aromatic heterocycles. The molecule has 168 valence electrons. The van der Waals surface area contributed by atoms with Gasteiger partial charge in [-0.25, -0.2) is 13.2 Å².